The van der Waals surface area contributed by atoms with Crippen LogP contribution < -0.4 is 10.3 Å². The first kappa shape index (κ1) is 22.0. The van der Waals surface area contributed by atoms with Crippen LogP contribution in [0.5, 0.6) is 11.5 Å². The molecule has 4 nitrogen and oxygen atoms in total. The quantitative estimate of drug-likeness (QED) is 0.423. The summed E-state index contributed by atoms with van der Waals surface area (Å²) in [5.74, 6) is 2.51. The van der Waals surface area contributed by atoms with E-state index >= 15 is 0 Å². The van der Waals surface area contributed by atoms with Crippen molar-refractivity contribution in [3.63, 3.8) is 0 Å². The van der Waals surface area contributed by atoms with E-state index in [9.17, 15) is 14.0 Å². The number of hydrogen-bond donors (Lipinski definition) is 0. The smallest absolute Gasteiger partial charge is 0.253 e. The summed E-state index contributed by atoms with van der Waals surface area (Å²) < 4.78 is 21.5. The molecule has 0 saturated heterocycles. The molecule has 3 aromatic rings. The highest BCUT2D eigenvalue weighted by atomic mass is 19.1. The van der Waals surface area contributed by atoms with E-state index < -0.39 is 0 Å². The van der Waals surface area contributed by atoms with Crippen molar-refractivity contribution < 1.29 is 13.9 Å². The first-order valence-electron chi connectivity index (χ1n) is 10.0. The molecule has 0 spiro atoms. The molecule has 2 aromatic carbocycles. The molecule has 0 fully saturated rings. The van der Waals surface area contributed by atoms with Crippen LogP contribution in [0.4, 0.5) is 4.39 Å². The fraction of sp³-hybridized carbons (Fsp3) is 0.231. The maximum absolute atomic E-state index is 13.8. The largest absolute Gasteiger partial charge is 0.456 e. The van der Waals surface area contributed by atoms with Crippen molar-refractivity contribution in [2.45, 2.75) is 33.6 Å². The second-order valence-electron chi connectivity index (χ2n) is 7.53. The van der Waals surface area contributed by atoms with Gasteiger partial charge in [-0.05, 0) is 67.1 Å². The molecule has 0 aliphatic heterocycles. The molecule has 158 valence electrons. The minimum absolute atomic E-state index is 0.0364. The average Bonchev–Trinajstić information content (AvgIpc) is 2.72. The Hall–Kier alpha value is -3.65. The third-order valence-corrected chi connectivity index (χ3v) is 5.19. The maximum atomic E-state index is 13.8. The van der Waals surface area contributed by atoms with Gasteiger partial charge in [-0.2, -0.15) is 0 Å². The molecule has 0 amide bonds. The number of carbonyl (C=O) groups is 1. The number of carbonyl (C=O) groups excluding carboxylic acids is 1. The van der Waals surface area contributed by atoms with Gasteiger partial charge in [0.15, 0.2) is 0 Å². The second kappa shape index (κ2) is 9.01. The van der Waals surface area contributed by atoms with Gasteiger partial charge >= 0.3 is 0 Å². The third kappa shape index (κ3) is 4.59. The van der Waals surface area contributed by atoms with Crippen LogP contribution in [0.25, 0.3) is 11.1 Å². The number of rotatable bonds is 6. The van der Waals surface area contributed by atoms with Gasteiger partial charge in [-0.1, -0.05) is 19.1 Å². The molecule has 0 aliphatic carbocycles. The Bertz CT molecular complexity index is 1240. The molecule has 0 N–H and O–H groups in total. The van der Waals surface area contributed by atoms with Crippen molar-refractivity contribution in [1.29, 1.82) is 0 Å². The Kier molecular flexibility index (Phi) is 6.41. The van der Waals surface area contributed by atoms with Crippen LogP contribution in [0.3, 0.4) is 0 Å². The van der Waals surface area contributed by atoms with Crippen molar-refractivity contribution in [3.8, 4) is 35.0 Å². The van der Waals surface area contributed by atoms with Gasteiger partial charge in [0.05, 0.1) is 0 Å². The number of halogens is 1. The number of terminal acetylenes is 1. The number of benzene rings is 2. The van der Waals surface area contributed by atoms with Gasteiger partial charge in [0.2, 0.25) is 5.78 Å². The summed E-state index contributed by atoms with van der Waals surface area (Å²) in [5.41, 5.74) is 4.01. The number of ketones is 1. The van der Waals surface area contributed by atoms with Crippen LogP contribution in [0.15, 0.2) is 47.4 Å². The summed E-state index contributed by atoms with van der Waals surface area (Å²) in [6.45, 7) is 5.47. The average molecular weight is 417 g/mol. The fourth-order valence-corrected chi connectivity index (χ4v) is 3.70. The van der Waals surface area contributed by atoms with Crippen molar-refractivity contribution in [3.05, 3.63) is 81.0 Å². The van der Waals surface area contributed by atoms with E-state index in [4.69, 9.17) is 11.2 Å². The van der Waals surface area contributed by atoms with E-state index in [0.717, 1.165) is 5.56 Å². The molecule has 0 unspecified atom stereocenters. The molecule has 0 radical (unpaired) electrons. The minimum Gasteiger partial charge on any atom is -0.456 e. The summed E-state index contributed by atoms with van der Waals surface area (Å²) in [7, 11) is 1.69. The normalized spacial score (nSPS) is 10.6. The molecular formula is C26H24FNO3. The first-order valence-corrected chi connectivity index (χ1v) is 10.0. The lowest BCUT2D eigenvalue weighted by atomic mass is 9.95. The van der Waals surface area contributed by atoms with Crippen LogP contribution >= 0.6 is 0 Å². The molecule has 0 aliphatic rings. The van der Waals surface area contributed by atoms with Gasteiger partial charge in [-0.15, -0.1) is 6.42 Å². The zero-order valence-corrected chi connectivity index (χ0v) is 18.1. The molecule has 3 rings (SSSR count). The standard InChI is InChI=1S/C26H24FNO3/c1-6-18-13-20(15-28(5)26(18)30)24-19(14-22(29)7-2)9-8-10-23(24)31-25-16(3)11-21(27)12-17(25)4/h2,8-13,15H,6,14H2,1,3-5H3. The van der Waals surface area contributed by atoms with E-state index in [2.05, 4.69) is 5.92 Å². The molecule has 0 bridgehead atoms. The number of ether oxygens (including phenoxy) is 1. The van der Waals surface area contributed by atoms with Crippen LogP contribution in [0.1, 0.15) is 29.2 Å². The van der Waals surface area contributed by atoms with Gasteiger partial charge in [0, 0.05) is 36.4 Å². The molecular weight excluding hydrogens is 393 g/mol. The van der Waals surface area contributed by atoms with E-state index in [1.54, 1.807) is 39.2 Å². The summed E-state index contributed by atoms with van der Waals surface area (Å²) in [5, 5.41) is 0. The van der Waals surface area contributed by atoms with Gasteiger partial charge in [-0.3, -0.25) is 9.59 Å². The Balaban J connectivity index is 2.25. The Morgan fingerprint density at radius 3 is 2.45 bits per heavy atom. The van der Waals surface area contributed by atoms with Crippen molar-refractivity contribution in [2.24, 2.45) is 7.05 Å². The number of hydrogen-bond acceptors (Lipinski definition) is 3. The van der Waals surface area contributed by atoms with Gasteiger partial charge in [-0.25, -0.2) is 4.39 Å². The summed E-state index contributed by atoms with van der Waals surface area (Å²) in [4.78, 5) is 24.5. The zero-order valence-electron chi connectivity index (χ0n) is 18.1. The van der Waals surface area contributed by atoms with E-state index in [0.29, 0.717) is 45.7 Å². The van der Waals surface area contributed by atoms with E-state index in [1.807, 2.05) is 19.1 Å². The van der Waals surface area contributed by atoms with Gasteiger partial charge < -0.3 is 9.30 Å². The Morgan fingerprint density at radius 1 is 1.16 bits per heavy atom. The lowest BCUT2D eigenvalue weighted by Gasteiger charge is -2.19. The number of nitrogens with zero attached hydrogens (tertiary/aromatic N) is 1. The van der Waals surface area contributed by atoms with Crippen LogP contribution in [0, 0.1) is 32.0 Å². The van der Waals surface area contributed by atoms with E-state index in [-0.39, 0.29) is 23.6 Å². The van der Waals surface area contributed by atoms with E-state index in [1.165, 1.54) is 16.7 Å². The molecule has 0 atom stereocenters. The SMILES string of the molecule is C#CC(=O)Cc1cccc(Oc2c(C)cc(F)cc2C)c1-c1cc(CC)c(=O)n(C)c1. The highest BCUT2D eigenvalue weighted by Gasteiger charge is 2.18. The summed E-state index contributed by atoms with van der Waals surface area (Å²) in [6, 6.07) is 10.0. The second-order valence-corrected chi connectivity index (χ2v) is 7.53. The number of aryl methyl sites for hydroxylation is 4. The lowest BCUT2D eigenvalue weighted by Crippen LogP contribution is -2.20. The predicted octanol–water partition coefficient (Wildman–Crippen LogP) is 4.91. The highest BCUT2D eigenvalue weighted by Crippen LogP contribution is 2.38. The summed E-state index contributed by atoms with van der Waals surface area (Å²) in [6.07, 6.45) is 7.63. The van der Waals surface area contributed by atoms with Crippen LogP contribution in [-0.4, -0.2) is 10.4 Å². The van der Waals surface area contributed by atoms with Crippen LogP contribution in [0.2, 0.25) is 0 Å². The lowest BCUT2D eigenvalue weighted by molar-refractivity contribution is -0.113. The molecule has 0 saturated carbocycles. The number of aromatic nitrogens is 1. The van der Waals surface area contributed by atoms with Gasteiger partial charge in [0.25, 0.3) is 5.56 Å². The molecule has 1 heterocycles. The first-order chi connectivity index (χ1) is 14.7. The van der Waals surface area contributed by atoms with Crippen molar-refractivity contribution in [1.82, 2.24) is 4.57 Å². The fourth-order valence-electron chi connectivity index (χ4n) is 3.70. The molecule has 1 aromatic heterocycles. The highest BCUT2D eigenvalue weighted by molar-refractivity contribution is 5.97. The number of Topliss-reactive ketones (excluding diaryl/α,β-unsaturated/α-hetero) is 1. The Morgan fingerprint density at radius 2 is 1.84 bits per heavy atom. The van der Waals surface area contributed by atoms with Gasteiger partial charge in [0.1, 0.15) is 17.3 Å². The summed E-state index contributed by atoms with van der Waals surface area (Å²) >= 11 is 0. The molecule has 31 heavy (non-hydrogen) atoms. The number of pyridine rings is 1. The van der Waals surface area contributed by atoms with Crippen LogP contribution in [-0.2, 0) is 24.7 Å². The minimum atomic E-state index is -0.354. The van der Waals surface area contributed by atoms with Crippen molar-refractivity contribution >= 4 is 5.78 Å². The zero-order chi connectivity index (χ0) is 22.7. The Labute approximate surface area is 181 Å². The molecule has 5 heteroatoms. The predicted molar refractivity (Wildman–Crippen MR) is 120 cm³/mol. The maximum Gasteiger partial charge on any atom is 0.253 e. The monoisotopic (exact) mass is 417 g/mol. The topological polar surface area (TPSA) is 48.3 Å². The van der Waals surface area contributed by atoms with Crippen molar-refractivity contribution in [2.75, 3.05) is 0 Å². The third-order valence-electron chi connectivity index (χ3n) is 5.19.